The summed E-state index contributed by atoms with van der Waals surface area (Å²) in [5.74, 6) is 1.05. The summed E-state index contributed by atoms with van der Waals surface area (Å²) in [5.41, 5.74) is 4.11. The van der Waals surface area contributed by atoms with Gasteiger partial charge in [-0.05, 0) is 47.4 Å². The molecule has 1 N–H and O–H groups in total. The lowest BCUT2D eigenvalue weighted by Gasteiger charge is -2.21. The van der Waals surface area contributed by atoms with Gasteiger partial charge in [-0.15, -0.1) is 0 Å². The van der Waals surface area contributed by atoms with Crippen LogP contribution < -0.4 is 9.47 Å². The molecule has 2 aromatic carbocycles. The molecule has 3 aromatic rings. The molecular formula is C24H24ClNO3. The van der Waals surface area contributed by atoms with E-state index < -0.39 is 6.10 Å². The van der Waals surface area contributed by atoms with Crippen LogP contribution in [0, 0.1) is 0 Å². The first-order valence-electron chi connectivity index (χ1n) is 9.40. The second-order valence-corrected chi connectivity index (χ2v) is 6.93. The third kappa shape index (κ3) is 4.44. The Morgan fingerprint density at radius 2 is 1.90 bits per heavy atom. The maximum absolute atomic E-state index is 11.3. The van der Waals surface area contributed by atoms with E-state index in [0.717, 1.165) is 23.1 Å². The Kier molecular flexibility index (Phi) is 6.91. The third-order valence-corrected chi connectivity index (χ3v) is 4.95. The number of halogens is 1. The maximum Gasteiger partial charge on any atom is 0.166 e. The second kappa shape index (κ2) is 9.59. The molecule has 1 aromatic heterocycles. The Hall–Kier alpha value is -2.82. The molecule has 29 heavy (non-hydrogen) atoms. The van der Waals surface area contributed by atoms with E-state index in [1.807, 2.05) is 42.6 Å². The normalized spacial score (nSPS) is 12.2. The van der Waals surface area contributed by atoms with E-state index in [-0.39, 0.29) is 0 Å². The molecule has 0 bridgehead atoms. The van der Waals surface area contributed by atoms with Gasteiger partial charge in [0, 0.05) is 28.5 Å². The van der Waals surface area contributed by atoms with Crippen LogP contribution in [-0.2, 0) is 0 Å². The smallest absolute Gasteiger partial charge is 0.166 e. The van der Waals surface area contributed by atoms with Gasteiger partial charge in [0.2, 0.25) is 0 Å². The highest BCUT2D eigenvalue weighted by Gasteiger charge is 2.22. The molecule has 0 aliphatic rings. The number of allylic oxidation sites excluding steroid dienone is 1. The number of nitrogens with zero attached hydrogens (tertiary/aromatic N) is 1. The number of aliphatic hydroxyl groups is 1. The summed E-state index contributed by atoms with van der Waals surface area (Å²) in [7, 11) is 3.13. The highest BCUT2D eigenvalue weighted by Crippen LogP contribution is 2.41. The second-order valence-electron chi connectivity index (χ2n) is 6.49. The first-order chi connectivity index (χ1) is 14.1. The predicted molar refractivity (Wildman–Crippen MR) is 118 cm³/mol. The Morgan fingerprint density at radius 1 is 1.07 bits per heavy atom. The number of para-hydroxylation sites is 1. The van der Waals surface area contributed by atoms with E-state index in [9.17, 15) is 5.11 Å². The number of hydrogen-bond donors (Lipinski definition) is 1. The lowest BCUT2D eigenvalue weighted by atomic mass is 9.90. The third-order valence-electron chi connectivity index (χ3n) is 4.71. The molecule has 4 nitrogen and oxygen atoms in total. The van der Waals surface area contributed by atoms with Crippen molar-refractivity contribution in [1.82, 2.24) is 4.98 Å². The van der Waals surface area contributed by atoms with E-state index >= 15 is 0 Å². The summed E-state index contributed by atoms with van der Waals surface area (Å²) in [6, 6.07) is 12.9. The molecule has 5 heteroatoms. The molecule has 0 spiro atoms. The van der Waals surface area contributed by atoms with Crippen LogP contribution in [0.15, 0.2) is 60.9 Å². The summed E-state index contributed by atoms with van der Waals surface area (Å²) < 4.78 is 10.9. The number of benzene rings is 2. The van der Waals surface area contributed by atoms with Crippen molar-refractivity contribution in [3.63, 3.8) is 0 Å². The van der Waals surface area contributed by atoms with Crippen molar-refractivity contribution in [2.75, 3.05) is 14.2 Å². The van der Waals surface area contributed by atoms with Gasteiger partial charge < -0.3 is 14.6 Å². The van der Waals surface area contributed by atoms with Crippen molar-refractivity contribution in [1.29, 1.82) is 0 Å². The minimum absolute atomic E-state index is 0.495. The number of ether oxygens (including phenoxy) is 2. The standard InChI is InChI=1S/C24H24ClNO3/c1-4-5-7-16-15-26-13-12-18(16)19-11-10-17(25)14-21(19)23(27)20-8-6-9-22(28-2)24(20)29-3/h5-15,23,27H,4H2,1-3H3/b7-5+. The number of hydrogen-bond acceptors (Lipinski definition) is 4. The zero-order chi connectivity index (χ0) is 20.8. The average Bonchev–Trinajstić information content (AvgIpc) is 2.76. The van der Waals surface area contributed by atoms with Gasteiger partial charge in [-0.1, -0.05) is 48.9 Å². The van der Waals surface area contributed by atoms with Gasteiger partial charge in [0.1, 0.15) is 6.10 Å². The minimum atomic E-state index is -0.954. The fourth-order valence-electron chi connectivity index (χ4n) is 3.33. The Morgan fingerprint density at radius 3 is 2.62 bits per heavy atom. The van der Waals surface area contributed by atoms with Crippen molar-refractivity contribution in [3.05, 3.63) is 82.6 Å². The molecule has 0 saturated carbocycles. The lowest BCUT2D eigenvalue weighted by Crippen LogP contribution is -2.06. The van der Waals surface area contributed by atoms with Gasteiger partial charge >= 0.3 is 0 Å². The van der Waals surface area contributed by atoms with E-state index in [1.165, 1.54) is 0 Å². The highest BCUT2D eigenvalue weighted by atomic mass is 35.5. The van der Waals surface area contributed by atoms with Gasteiger partial charge in [0.25, 0.3) is 0 Å². The van der Waals surface area contributed by atoms with Gasteiger partial charge in [-0.2, -0.15) is 0 Å². The molecular weight excluding hydrogens is 386 g/mol. The highest BCUT2D eigenvalue weighted by molar-refractivity contribution is 6.30. The number of aromatic nitrogens is 1. The van der Waals surface area contributed by atoms with Crippen LogP contribution in [0.5, 0.6) is 11.5 Å². The SMILES string of the molecule is CC/C=C/c1cnccc1-c1ccc(Cl)cc1C(O)c1cccc(OC)c1OC. The Bertz CT molecular complexity index is 1020. The van der Waals surface area contributed by atoms with Gasteiger partial charge in [0.05, 0.1) is 14.2 Å². The van der Waals surface area contributed by atoms with Crippen LogP contribution in [0.3, 0.4) is 0 Å². The number of rotatable bonds is 7. The van der Waals surface area contributed by atoms with Gasteiger partial charge in [-0.25, -0.2) is 0 Å². The topological polar surface area (TPSA) is 51.6 Å². The first kappa shape index (κ1) is 20.9. The summed E-state index contributed by atoms with van der Waals surface area (Å²) >= 11 is 6.30. The van der Waals surface area contributed by atoms with Crippen molar-refractivity contribution in [3.8, 4) is 22.6 Å². The number of aliphatic hydroxyl groups excluding tert-OH is 1. The van der Waals surface area contributed by atoms with Gasteiger partial charge in [0.15, 0.2) is 11.5 Å². The Labute approximate surface area is 176 Å². The van der Waals surface area contributed by atoms with Crippen LogP contribution >= 0.6 is 11.6 Å². The molecule has 0 saturated heterocycles. The molecule has 1 atom stereocenters. The van der Waals surface area contributed by atoms with Crippen molar-refractivity contribution >= 4 is 17.7 Å². The van der Waals surface area contributed by atoms with E-state index in [4.69, 9.17) is 21.1 Å². The van der Waals surface area contributed by atoms with Crippen molar-refractivity contribution in [2.24, 2.45) is 0 Å². The van der Waals surface area contributed by atoms with Crippen LogP contribution in [0.25, 0.3) is 17.2 Å². The summed E-state index contributed by atoms with van der Waals surface area (Å²) in [6.45, 7) is 2.08. The zero-order valence-corrected chi connectivity index (χ0v) is 17.5. The molecule has 0 aliphatic heterocycles. The van der Waals surface area contributed by atoms with E-state index in [2.05, 4.69) is 18.0 Å². The van der Waals surface area contributed by atoms with Gasteiger partial charge in [-0.3, -0.25) is 4.98 Å². The van der Waals surface area contributed by atoms with E-state index in [1.54, 1.807) is 32.5 Å². The van der Waals surface area contributed by atoms with Crippen molar-refractivity contribution < 1.29 is 14.6 Å². The molecule has 0 fully saturated rings. The fourth-order valence-corrected chi connectivity index (χ4v) is 3.51. The summed E-state index contributed by atoms with van der Waals surface area (Å²) in [6.07, 6.45) is 7.65. The number of pyridine rings is 1. The molecule has 0 radical (unpaired) electrons. The van der Waals surface area contributed by atoms with Crippen LogP contribution in [0.1, 0.15) is 36.1 Å². The maximum atomic E-state index is 11.3. The molecule has 1 unspecified atom stereocenters. The summed E-state index contributed by atoms with van der Waals surface area (Å²) in [5, 5.41) is 11.9. The molecule has 0 amide bonds. The Balaban J connectivity index is 2.19. The fraction of sp³-hybridized carbons (Fsp3) is 0.208. The minimum Gasteiger partial charge on any atom is -0.493 e. The molecule has 3 rings (SSSR count). The molecule has 1 heterocycles. The molecule has 150 valence electrons. The predicted octanol–water partition coefficient (Wildman–Crippen LogP) is 5.92. The largest absolute Gasteiger partial charge is 0.493 e. The average molecular weight is 410 g/mol. The summed E-state index contributed by atoms with van der Waals surface area (Å²) in [4.78, 5) is 4.25. The number of methoxy groups -OCH3 is 2. The zero-order valence-electron chi connectivity index (χ0n) is 16.7. The lowest BCUT2D eigenvalue weighted by molar-refractivity contribution is 0.213. The first-order valence-corrected chi connectivity index (χ1v) is 9.77. The monoisotopic (exact) mass is 409 g/mol. The van der Waals surface area contributed by atoms with Crippen LogP contribution in [0.4, 0.5) is 0 Å². The van der Waals surface area contributed by atoms with Crippen molar-refractivity contribution in [2.45, 2.75) is 19.4 Å². The van der Waals surface area contributed by atoms with E-state index in [0.29, 0.717) is 27.6 Å². The molecule has 0 aliphatic carbocycles. The van der Waals surface area contributed by atoms with Crippen LogP contribution in [-0.4, -0.2) is 24.3 Å². The quantitative estimate of drug-likeness (QED) is 0.525. The van der Waals surface area contributed by atoms with Crippen LogP contribution in [0.2, 0.25) is 5.02 Å².